The van der Waals surface area contributed by atoms with Crippen LogP contribution in [-0.2, 0) is 0 Å². The van der Waals surface area contributed by atoms with Gasteiger partial charge in [0.05, 0.1) is 96.3 Å². The molecule has 17 rings (SSSR count). The van der Waals surface area contributed by atoms with Crippen LogP contribution in [0.2, 0.25) is 0 Å². The Hall–Kier alpha value is -15.6. The van der Waals surface area contributed by atoms with Crippen molar-refractivity contribution < 1.29 is 176 Å². The monoisotopic (exact) mass is 1950 g/mol. The summed E-state index contributed by atoms with van der Waals surface area (Å²) in [6, 6.07) is -1.02. The lowest BCUT2D eigenvalue weighted by molar-refractivity contribution is 0.366. The molecule has 3 aromatic heterocycles. The Morgan fingerprint density at radius 3 is 0.676 bits per heavy atom. The van der Waals surface area contributed by atoms with Crippen LogP contribution in [0.25, 0.3) is 39.0 Å². The number of halogens is 40. The Morgan fingerprint density at radius 2 is 0.412 bits per heavy atom. The van der Waals surface area contributed by atoms with Crippen LogP contribution in [-0.4, -0.2) is 43.8 Å². The summed E-state index contributed by atoms with van der Waals surface area (Å²) in [5.41, 5.74) is -46.2. The van der Waals surface area contributed by atoms with Gasteiger partial charge in [-0.2, -0.15) is 0 Å². The molecule has 0 amide bonds. The molecule has 0 saturated carbocycles. The number of fused-ring (bicyclic) bond motifs is 10. The highest BCUT2D eigenvalue weighted by molar-refractivity contribution is 6.33. The minimum atomic E-state index is -3.06. The van der Waals surface area contributed by atoms with Crippen LogP contribution in [0.5, 0.6) is 0 Å². The lowest BCUT2D eigenvalue weighted by Gasteiger charge is -2.20. The van der Waals surface area contributed by atoms with Gasteiger partial charge in [0, 0.05) is 83.3 Å². The molecule has 11 aromatic rings. The number of aliphatic imine (C=N–C) groups is 4. The van der Waals surface area contributed by atoms with Crippen LogP contribution in [0.3, 0.4) is 0 Å². The molecule has 2 unspecified atom stereocenters. The largest absolute Gasteiger partial charge is 0.354 e. The molecule has 6 aliphatic heterocycles. The zero-order valence-electron chi connectivity index (χ0n) is 64.3. The van der Waals surface area contributed by atoms with Crippen LogP contribution < -0.4 is 26.7 Å². The van der Waals surface area contributed by atoms with Crippen LogP contribution in [0.1, 0.15) is 61.8 Å². The molecular formula is C88H22F40N8. The van der Waals surface area contributed by atoms with E-state index in [0.717, 1.165) is 0 Å². The van der Waals surface area contributed by atoms with Gasteiger partial charge in [0.2, 0.25) is 46.5 Å². The predicted octanol–water partition coefficient (Wildman–Crippen LogP) is 20.9. The quantitative estimate of drug-likeness (QED) is 0.0677. The Bertz CT molecular complexity index is 7950. The van der Waals surface area contributed by atoms with Crippen molar-refractivity contribution in [3.8, 4) is 0 Å². The molecule has 0 fully saturated rings. The maximum absolute atomic E-state index is 16.9. The Kier molecular flexibility index (Phi) is 22.6. The van der Waals surface area contributed by atoms with Crippen molar-refractivity contribution >= 4 is 61.9 Å². The highest BCUT2D eigenvalue weighted by Gasteiger charge is 2.44. The molecule has 4 N–H and O–H groups in total. The first-order chi connectivity index (χ1) is 64.2. The van der Waals surface area contributed by atoms with Gasteiger partial charge in [0.25, 0.3) is 0 Å². The summed E-state index contributed by atoms with van der Waals surface area (Å²) in [4.78, 5) is 21.6. The van der Waals surface area contributed by atoms with Crippen molar-refractivity contribution in [1.29, 1.82) is 0 Å². The van der Waals surface area contributed by atoms with E-state index in [0.29, 0.717) is 24.3 Å². The number of nitrogens with zero attached hydrogens (tertiary/aromatic N) is 4. The third-order valence-electron chi connectivity index (χ3n) is 21.5. The Morgan fingerprint density at radius 1 is 0.191 bits per heavy atom. The fourth-order valence-electron chi connectivity index (χ4n) is 15.2. The lowest BCUT2D eigenvalue weighted by atomic mass is 9.90. The van der Waals surface area contributed by atoms with Gasteiger partial charge >= 0.3 is 0 Å². The first-order valence-electron chi connectivity index (χ1n) is 36.9. The zero-order chi connectivity index (χ0) is 98.5. The Labute approximate surface area is 723 Å². The van der Waals surface area contributed by atoms with Crippen molar-refractivity contribution in [1.82, 2.24) is 20.3 Å². The maximum Gasteiger partial charge on any atom is 0.200 e. The SMILES string of the molecule is Fc1c(F)c(F)c(C2=C3C=CC(=N3)/C(c3c(F)c(F)c(F)c(F)c3F)=c3/cc/c([nH]3)=C(\c3c(F)c(F)c(F)c(F)c3F)C3=N/C(=C(/c4c(F)c(F)c(F)c(F)c4F)c4ccc([nH]4)/C(c4c(F)c(F)c(F)c(F)c4F)=C4/C=CC(=N4)/C(c4c(F)c(F)c(F)c(F)c4F)=c4/cc/c([nH]4)=C(\c4c(F)c(F)c(F)c(F)c4F)C4=NC(C=C4)C(c4c(F)c(F)c(F)c(F)c4F)C=CC4=C2N4)C=C3)c(F)c1F. The molecule has 136 heavy (non-hydrogen) atoms. The molecule has 8 aromatic carbocycles. The Balaban J connectivity index is 1.06. The number of hydrogen-bond donors (Lipinski definition) is 4. The van der Waals surface area contributed by atoms with Crippen molar-refractivity contribution in [2.24, 2.45) is 20.0 Å². The van der Waals surface area contributed by atoms with Crippen LogP contribution in [0, 0.1) is 233 Å². The topological polar surface area (TPSA) is 119 Å². The van der Waals surface area contributed by atoms with Crippen molar-refractivity contribution in [2.45, 2.75) is 12.0 Å². The van der Waals surface area contributed by atoms with E-state index in [1.54, 1.807) is 0 Å². The molecule has 8 nitrogen and oxygen atoms in total. The summed E-state index contributed by atoms with van der Waals surface area (Å²) in [6.07, 6.45) is 2.71. The molecule has 0 aliphatic carbocycles. The summed E-state index contributed by atoms with van der Waals surface area (Å²) in [6.45, 7) is 0. The van der Waals surface area contributed by atoms with Gasteiger partial charge in [-0.1, -0.05) is 12.2 Å². The van der Waals surface area contributed by atoms with E-state index in [1.165, 1.54) is 0 Å². The molecule has 2 atom stereocenters. The second kappa shape index (κ2) is 33.3. The number of aromatic amines is 3. The molecular weight excluding hydrogens is 1930 g/mol. The molecule has 14 bridgehead atoms. The maximum atomic E-state index is 16.9. The molecule has 694 valence electrons. The molecule has 0 radical (unpaired) electrons. The van der Waals surface area contributed by atoms with Gasteiger partial charge in [-0.25, -0.2) is 191 Å². The highest BCUT2D eigenvalue weighted by Crippen LogP contribution is 2.48. The first kappa shape index (κ1) is 92.3. The van der Waals surface area contributed by atoms with Gasteiger partial charge in [-0.3, -0.25) is 4.99 Å². The minimum Gasteiger partial charge on any atom is -0.354 e. The van der Waals surface area contributed by atoms with Crippen LogP contribution in [0.15, 0.2) is 146 Å². The number of H-pyrrole nitrogens is 3. The van der Waals surface area contributed by atoms with Gasteiger partial charge in [0.1, 0.15) is 0 Å². The standard InChI is InChI=1S/C88H22F40N8/c89-48-33(49(90)65(106)80(121)64(48)105)17-1-2-32-88(136-32)40(47-62(103)78(119)87(128)79(120)63(47)104)31-16-15-30(135-31)39(46-60(101)76(117)86(127)77(118)61(46)102)29-14-13-28(134-29)38(45-58(99)74(115)85(126)75(116)59(45)100)27-12-11-26(133-27)37(44-56(97)72(113)84(125)73(114)57(44)98)25-10-9-24(132-25)36(43-54(95)70(111)83(124)71(112)55(43)96)23-8-7-22(131-23)35(42-52(93)68(109)82(123)69(110)53(42)94)21-6-5-20(130-21)34(19-4-3-18(17)129-19)41-50(91)66(107)81(122)67(108)51(41)92/h1-18,130,132,134,136H/b2-1?,34-20+,35-21+,36-23+,37-26+,38-28+,39-29+,40-31?. The van der Waals surface area contributed by atoms with E-state index >= 15 is 176 Å². The van der Waals surface area contributed by atoms with Crippen molar-refractivity contribution in [2.75, 3.05) is 0 Å². The summed E-state index contributed by atoms with van der Waals surface area (Å²) < 4.78 is 642. The third-order valence-corrected chi connectivity index (χ3v) is 21.5. The molecule has 0 spiro atoms. The first-order valence-corrected chi connectivity index (χ1v) is 36.9. The van der Waals surface area contributed by atoms with Gasteiger partial charge in [-0.05, 0) is 85.0 Å². The number of aromatic nitrogens is 3. The smallest absolute Gasteiger partial charge is 0.200 e. The molecule has 9 heterocycles. The normalized spacial score (nSPS) is 18.8. The van der Waals surface area contributed by atoms with Crippen LogP contribution >= 0.6 is 0 Å². The number of rotatable bonds is 8. The summed E-state index contributed by atoms with van der Waals surface area (Å²) >= 11 is 0. The van der Waals surface area contributed by atoms with E-state index in [9.17, 15) is 0 Å². The molecule has 48 heteroatoms. The molecule has 6 aliphatic rings. The second-order valence-electron chi connectivity index (χ2n) is 28.9. The van der Waals surface area contributed by atoms with Gasteiger partial charge in [-0.15, -0.1) is 0 Å². The van der Waals surface area contributed by atoms with E-state index in [-0.39, 0.29) is 72.9 Å². The fourth-order valence-corrected chi connectivity index (χ4v) is 15.2. The summed E-state index contributed by atoms with van der Waals surface area (Å²) in [5, 5.41) is -3.57. The van der Waals surface area contributed by atoms with Gasteiger partial charge in [0.15, 0.2) is 186 Å². The third kappa shape index (κ3) is 13.9. The van der Waals surface area contributed by atoms with Gasteiger partial charge < -0.3 is 20.3 Å². The van der Waals surface area contributed by atoms with Crippen molar-refractivity contribution in [3.05, 3.63) is 436 Å². The average Bonchev–Trinajstić information content (AvgIpc) is 1.58. The zero-order valence-corrected chi connectivity index (χ0v) is 64.3. The van der Waals surface area contributed by atoms with E-state index < -0.39 is 412 Å². The highest BCUT2D eigenvalue weighted by atomic mass is 19.2. The predicted molar refractivity (Wildman–Crippen MR) is 392 cm³/mol. The van der Waals surface area contributed by atoms with E-state index in [2.05, 4.69) is 25.3 Å². The number of allylic oxidation sites excluding steroid dienone is 9. The van der Waals surface area contributed by atoms with Crippen LogP contribution in [0.4, 0.5) is 176 Å². The van der Waals surface area contributed by atoms with E-state index in [4.69, 9.17) is 0 Å². The molecule has 0 saturated heterocycles. The number of nitrogens with one attached hydrogen (secondary N) is 4. The fraction of sp³-hybridized carbons (Fsp3) is 0.0227. The number of benzene rings is 8. The second-order valence-corrected chi connectivity index (χ2v) is 28.9. The lowest BCUT2D eigenvalue weighted by Crippen LogP contribution is -2.24. The summed E-state index contributed by atoms with van der Waals surface area (Å²) in [7, 11) is 0. The minimum absolute atomic E-state index is 0.214. The number of hydrogen-bond acceptors (Lipinski definition) is 5. The average molecular weight is 1950 g/mol. The summed E-state index contributed by atoms with van der Waals surface area (Å²) in [5.74, 6) is -122. The van der Waals surface area contributed by atoms with E-state index in [1.807, 2.05) is 15.0 Å². The van der Waals surface area contributed by atoms with Crippen molar-refractivity contribution in [3.63, 3.8) is 0 Å².